The number of aliphatic hydroxyl groups is 1. The highest BCUT2D eigenvalue weighted by molar-refractivity contribution is 5.74. The molecule has 3 atom stereocenters. The third-order valence-corrected chi connectivity index (χ3v) is 6.59. The molecule has 3 rings (SSSR count). The summed E-state index contributed by atoms with van der Waals surface area (Å²) in [5, 5.41) is 12.8. The van der Waals surface area contributed by atoms with Crippen LogP contribution in [0.4, 0.5) is 4.79 Å². The Hall–Kier alpha value is -0.810. The summed E-state index contributed by atoms with van der Waals surface area (Å²) in [6.07, 6.45) is 8.57. The number of piperidine rings is 2. The van der Waals surface area contributed by atoms with Crippen LogP contribution in [-0.4, -0.2) is 65.8 Å². The Balaban J connectivity index is 1.50. The number of amides is 2. The van der Waals surface area contributed by atoms with Gasteiger partial charge in [-0.05, 0) is 57.9 Å². The first-order chi connectivity index (χ1) is 11.5. The van der Waals surface area contributed by atoms with Gasteiger partial charge in [0.15, 0.2) is 0 Å². The van der Waals surface area contributed by atoms with Crippen molar-refractivity contribution in [3.8, 4) is 0 Å². The Bertz CT molecular complexity index is 440. The second kappa shape index (κ2) is 7.61. The molecule has 2 amide bonds. The van der Waals surface area contributed by atoms with Crippen LogP contribution in [0.2, 0.25) is 0 Å². The molecular formula is C19H35N3O2. The van der Waals surface area contributed by atoms with Crippen molar-refractivity contribution in [2.75, 3.05) is 32.8 Å². The molecule has 5 heteroatoms. The molecule has 0 spiro atoms. The van der Waals surface area contributed by atoms with Crippen LogP contribution in [-0.2, 0) is 0 Å². The summed E-state index contributed by atoms with van der Waals surface area (Å²) in [5.41, 5.74) is -0.134. The average Bonchev–Trinajstić information content (AvgIpc) is 2.53. The number of likely N-dealkylation sites (tertiary alicyclic amines) is 2. The van der Waals surface area contributed by atoms with E-state index in [-0.39, 0.29) is 24.1 Å². The number of hydrogen-bond donors (Lipinski definition) is 2. The zero-order valence-electron chi connectivity index (χ0n) is 15.5. The van der Waals surface area contributed by atoms with Gasteiger partial charge < -0.3 is 20.2 Å². The van der Waals surface area contributed by atoms with Crippen molar-refractivity contribution in [2.45, 2.75) is 70.9 Å². The molecule has 2 heterocycles. The number of nitrogens with one attached hydrogen (secondary N) is 1. The fraction of sp³-hybridized carbons (Fsp3) is 0.947. The van der Waals surface area contributed by atoms with E-state index >= 15 is 0 Å². The average molecular weight is 338 g/mol. The maximum atomic E-state index is 12.7. The summed E-state index contributed by atoms with van der Waals surface area (Å²) in [5.74, 6) is 0.567. The fourth-order valence-electron chi connectivity index (χ4n) is 4.55. The first-order valence-electron chi connectivity index (χ1n) is 9.91. The van der Waals surface area contributed by atoms with Gasteiger partial charge in [-0.25, -0.2) is 4.79 Å². The van der Waals surface area contributed by atoms with Gasteiger partial charge in [0, 0.05) is 37.1 Å². The van der Waals surface area contributed by atoms with Crippen molar-refractivity contribution in [1.82, 2.24) is 15.1 Å². The molecule has 24 heavy (non-hydrogen) atoms. The molecule has 0 bridgehead atoms. The highest BCUT2D eigenvalue weighted by Gasteiger charge is 2.35. The third-order valence-electron chi connectivity index (χ3n) is 6.59. The SMILES string of the molecule is CC(NC(=O)N1CCCC(C)(CO)C1)C1CCCN(C2CCC2)C1. The number of nitrogens with zero attached hydrogens (tertiary/aromatic N) is 2. The van der Waals surface area contributed by atoms with E-state index in [1.165, 1.54) is 38.6 Å². The van der Waals surface area contributed by atoms with Crippen LogP contribution in [0.25, 0.3) is 0 Å². The van der Waals surface area contributed by atoms with Gasteiger partial charge >= 0.3 is 6.03 Å². The van der Waals surface area contributed by atoms with Crippen molar-refractivity contribution in [3.63, 3.8) is 0 Å². The van der Waals surface area contributed by atoms with Gasteiger partial charge in [0.1, 0.15) is 0 Å². The number of carbonyl (C=O) groups is 1. The first-order valence-corrected chi connectivity index (χ1v) is 9.91. The van der Waals surface area contributed by atoms with E-state index in [1.54, 1.807) is 0 Å². The zero-order valence-corrected chi connectivity index (χ0v) is 15.5. The summed E-state index contributed by atoms with van der Waals surface area (Å²) in [6.45, 7) is 8.26. The lowest BCUT2D eigenvalue weighted by molar-refractivity contribution is 0.0544. The van der Waals surface area contributed by atoms with Gasteiger partial charge in [-0.15, -0.1) is 0 Å². The summed E-state index contributed by atoms with van der Waals surface area (Å²) >= 11 is 0. The summed E-state index contributed by atoms with van der Waals surface area (Å²) in [6, 6.07) is 1.09. The zero-order chi connectivity index (χ0) is 17.2. The minimum absolute atomic E-state index is 0.0580. The van der Waals surface area contributed by atoms with E-state index in [0.29, 0.717) is 12.5 Å². The van der Waals surface area contributed by atoms with E-state index in [2.05, 4.69) is 24.1 Å². The van der Waals surface area contributed by atoms with E-state index in [9.17, 15) is 9.90 Å². The van der Waals surface area contributed by atoms with E-state index in [1.807, 2.05) is 4.90 Å². The molecule has 0 aromatic rings. The molecule has 3 unspecified atom stereocenters. The van der Waals surface area contributed by atoms with Gasteiger partial charge in [0.2, 0.25) is 0 Å². The molecule has 3 fully saturated rings. The van der Waals surface area contributed by atoms with Crippen molar-refractivity contribution < 1.29 is 9.90 Å². The normalized spacial score (nSPS) is 33.8. The van der Waals surface area contributed by atoms with Crippen molar-refractivity contribution in [3.05, 3.63) is 0 Å². The van der Waals surface area contributed by atoms with Gasteiger partial charge in [0.05, 0.1) is 6.61 Å². The lowest BCUT2D eigenvalue weighted by Crippen LogP contribution is -2.55. The molecule has 0 radical (unpaired) electrons. The highest BCUT2D eigenvalue weighted by atomic mass is 16.3. The molecule has 5 nitrogen and oxygen atoms in total. The summed E-state index contributed by atoms with van der Waals surface area (Å²) < 4.78 is 0. The number of rotatable bonds is 4. The second-order valence-electron chi connectivity index (χ2n) is 8.71. The van der Waals surface area contributed by atoms with E-state index in [4.69, 9.17) is 0 Å². The maximum Gasteiger partial charge on any atom is 0.317 e. The van der Waals surface area contributed by atoms with Crippen LogP contribution in [0, 0.1) is 11.3 Å². The molecule has 138 valence electrons. The topological polar surface area (TPSA) is 55.8 Å². The van der Waals surface area contributed by atoms with E-state index in [0.717, 1.165) is 32.0 Å². The Morgan fingerprint density at radius 3 is 2.71 bits per heavy atom. The third kappa shape index (κ3) is 4.05. The van der Waals surface area contributed by atoms with Crippen LogP contribution >= 0.6 is 0 Å². The monoisotopic (exact) mass is 337 g/mol. The van der Waals surface area contributed by atoms with Crippen LogP contribution in [0.3, 0.4) is 0 Å². The molecule has 1 aliphatic carbocycles. The van der Waals surface area contributed by atoms with E-state index < -0.39 is 0 Å². The molecule has 2 aliphatic heterocycles. The Kier molecular flexibility index (Phi) is 5.70. The maximum absolute atomic E-state index is 12.7. The Morgan fingerprint density at radius 2 is 2.04 bits per heavy atom. The van der Waals surface area contributed by atoms with Gasteiger partial charge in [-0.1, -0.05) is 13.3 Å². The molecular weight excluding hydrogens is 302 g/mol. The predicted molar refractivity (Wildman–Crippen MR) is 95.9 cm³/mol. The van der Waals surface area contributed by atoms with Crippen LogP contribution in [0.1, 0.15) is 58.8 Å². The van der Waals surface area contributed by atoms with Gasteiger partial charge in [0.25, 0.3) is 0 Å². The summed E-state index contributed by atoms with van der Waals surface area (Å²) in [7, 11) is 0. The molecule has 3 aliphatic rings. The van der Waals surface area contributed by atoms with Gasteiger partial charge in [-0.3, -0.25) is 0 Å². The lowest BCUT2D eigenvalue weighted by atomic mass is 9.83. The van der Waals surface area contributed by atoms with Crippen molar-refractivity contribution in [1.29, 1.82) is 0 Å². The molecule has 2 N–H and O–H groups in total. The smallest absolute Gasteiger partial charge is 0.317 e. The number of hydrogen-bond acceptors (Lipinski definition) is 3. The molecule has 0 aromatic heterocycles. The minimum atomic E-state index is -0.134. The van der Waals surface area contributed by atoms with Crippen LogP contribution in [0.5, 0.6) is 0 Å². The minimum Gasteiger partial charge on any atom is -0.396 e. The Morgan fingerprint density at radius 1 is 1.25 bits per heavy atom. The highest BCUT2D eigenvalue weighted by Crippen LogP contribution is 2.31. The van der Waals surface area contributed by atoms with Crippen LogP contribution < -0.4 is 5.32 Å². The second-order valence-corrected chi connectivity index (χ2v) is 8.71. The van der Waals surface area contributed by atoms with Gasteiger partial charge in [-0.2, -0.15) is 0 Å². The molecule has 0 aromatic carbocycles. The van der Waals surface area contributed by atoms with Crippen molar-refractivity contribution >= 4 is 6.03 Å². The predicted octanol–water partition coefficient (Wildman–Crippen LogP) is 2.44. The Labute approximate surface area is 146 Å². The first kappa shape index (κ1) is 18.0. The van der Waals surface area contributed by atoms with Crippen molar-refractivity contribution in [2.24, 2.45) is 11.3 Å². The fourth-order valence-corrected chi connectivity index (χ4v) is 4.55. The largest absolute Gasteiger partial charge is 0.396 e. The quantitative estimate of drug-likeness (QED) is 0.828. The molecule has 1 saturated carbocycles. The standard InChI is InChI=1S/C19H35N3O2/c1-15(16-6-4-10-21(12-16)17-7-3-8-17)20-18(24)22-11-5-9-19(2,13-22)14-23/h15-17,23H,3-14H2,1-2H3,(H,20,24). The lowest BCUT2D eigenvalue weighted by Gasteiger charge is -2.44. The number of urea groups is 1. The molecule has 2 saturated heterocycles. The van der Waals surface area contributed by atoms with Crippen LogP contribution in [0.15, 0.2) is 0 Å². The number of aliphatic hydroxyl groups excluding tert-OH is 1. The summed E-state index contributed by atoms with van der Waals surface area (Å²) in [4.78, 5) is 17.2. The number of carbonyl (C=O) groups excluding carboxylic acids is 1.